The van der Waals surface area contributed by atoms with E-state index in [0.29, 0.717) is 19.1 Å². The lowest BCUT2D eigenvalue weighted by atomic mass is 9.86. The van der Waals surface area contributed by atoms with Gasteiger partial charge in [-0.25, -0.2) is 4.37 Å². The summed E-state index contributed by atoms with van der Waals surface area (Å²) in [5.74, 6) is 0.700. The summed E-state index contributed by atoms with van der Waals surface area (Å²) in [6.45, 7) is 3.48. The normalized spacial score (nSPS) is 27.5. The van der Waals surface area contributed by atoms with Gasteiger partial charge in [-0.3, -0.25) is 4.79 Å². The van der Waals surface area contributed by atoms with Gasteiger partial charge in [-0.05, 0) is 29.9 Å². The molecule has 2 unspecified atom stereocenters. The molecular weight excluding hydrogens is 198 g/mol. The van der Waals surface area contributed by atoms with Crippen LogP contribution >= 0.6 is 11.5 Å². The minimum atomic E-state index is 0.129. The van der Waals surface area contributed by atoms with E-state index in [1.807, 2.05) is 0 Å². The van der Waals surface area contributed by atoms with Crippen molar-refractivity contribution in [3.05, 3.63) is 17.1 Å². The molecule has 14 heavy (non-hydrogen) atoms. The third-order valence-corrected chi connectivity index (χ3v) is 3.42. The molecular formula is C10H13NO2S. The number of carbonyl (C=O) groups is 1. The summed E-state index contributed by atoms with van der Waals surface area (Å²) < 4.78 is 9.27. The number of rotatable bonds is 2. The van der Waals surface area contributed by atoms with E-state index in [0.717, 1.165) is 11.3 Å². The van der Waals surface area contributed by atoms with Crippen LogP contribution in [0.2, 0.25) is 0 Å². The Kier molecular flexibility index (Phi) is 2.93. The molecule has 1 fully saturated rings. The molecule has 2 atom stereocenters. The van der Waals surface area contributed by atoms with Crippen LogP contribution in [0.5, 0.6) is 0 Å². The van der Waals surface area contributed by atoms with Crippen LogP contribution < -0.4 is 0 Å². The Hall–Kier alpha value is -0.740. The summed E-state index contributed by atoms with van der Waals surface area (Å²) in [5, 5.41) is 0. The van der Waals surface area contributed by atoms with Crippen molar-refractivity contribution >= 4 is 17.3 Å². The van der Waals surface area contributed by atoms with Crippen molar-refractivity contribution in [2.45, 2.75) is 13.3 Å². The van der Waals surface area contributed by atoms with Crippen LogP contribution in [0.25, 0.3) is 0 Å². The Morgan fingerprint density at radius 3 is 3.21 bits per heavy atom. The van der Waals surface area contributed by atoms with Crippen LogP contribution in [0, 0.1) is 11.8 Å². The highest BCUT2D eigenvalue weighted by molar-refractivity contribution is 7.08. The lowest BCUT2D eigenvalue weighted by molar-refractivity contribution is 0.0243. The Labute approximate surface area is 87.3 Å². The summed E-state index contributed by atoms with van der Waals surface area (Å²) in [6.07, 6.45) is 2.53. The fraction of sp³-hybridized carbons (Fsp3) is 0.600. The van der Waals surface area contributed by atoms with Gasteiger partial charge >= 0.3 is 0 Å². The number of hydrogen-bond acceptors (Lipinski definition) is 4. The van der Waals surface area contributed by atoms with Gasteiger partial charge in [0, 0.05) is 25.3 Å². The van der Waals surface area contributed by atoms with Gasteiger partial charge < -0.3 is 4.74 Å². The largest absolute Gasteiger partial charge is 0.381 e. The highest BCUT2D eigenvalue weighted by Gasteiger charge is 2.29. The Morgan fingerprint density at radius 1 is 1.71 bits per heavy atom. The van der Waals surface area contributed by atoms with Crippen molar-refractivity contribution in [2.24, 2.45) is 11.8 Å². The van der Waals surface area contributed by atoms with Gasteiger partial charge in [-0.15, -0.1) is 0 Å². The van der Waals surface area contributed by atoms with Crippen LogP contribution in [-0.4, -0.2) is 23.4 Å². The molecule has 3 nitrogen and oxygen atoms in total. The number of ether oxygens (including phenoxy) is 1. The van der Waals surface area contributed by atoms with E-state index in [2.05, 4.69) is 11.3 Å². The van der Waals surface area contributed by atoms with Crippen molar-refractivity contribution < 1.29 is 9.53 Å². The van der Waals surface area contributed by atoms with Crippen LogP contribution in [0.15, 0.2) is 12.3 Å². The number of hydrogen-bond donors (Lipinski definition) is 0. The standard InChI is InChI=1S/C10H13NO2S/c1-7-6-13-5-3-8(7)10(12)9-2-4-11-14-9/h2,4,7-8H,3,5-6H2,1H3. The average molecular weight is 211 g/mol. The first-order valence-corrected chi connectivity index (χ1v) is 5.59. The molecule has 0 spiro atoms. The minimum absolute atomic E-state index is 0.129. The van der Waals surface area contributed by atoms with E-state index in [4.69, 9.17) is 4.74 Å². The van der Waals surface area contributed by atoms with Crippen LogP contribution in [0.4, 0.5) is 0 Å². The molecule has 0 amide bonds. The Morgan fingerprint density at radius 2 is 2.57 bits per heavy atom. The maximum atomic E-state index is 12.0. The van der Waals surface area contributed by atoms with Crippen LogP contribution in [-0.2, 0) is 4.74 Å². The molecule has 1 aliphatic rings. The van der Waals surface area contributed by atoms with Gasteiger partial charge in [-0.2, -0.15) is 0 Å². The van der Waals surface area contributed by atoms with Gasteiger partial charge in [0.15, 0.2) is 5.78 Å². The van der Waals surface area contributed by atoms with Gasteiger partial charge in [0.2, 0.25) is 0 Å². The average Bonchev–Trinajstić information content (AvgIpc) is 2.70. The summed E-state index contributed by atoms with van der Waals surface area (Å²) in [7, 11) is 0. The first-order chi connectivity index (χ1) is 6.79. The zero-order valence-corrected chi connectivity index (χ0v) is 8.92. The Balaban J connectivity index is 2.10. The van der Waals surface area contributed by atoms with E-state index in [1.54, 1.807) is 12.3 Å². The van der Waals surface area contributed by atoms with Gasteiger partial charge in [0.05, 0.1) is 4.88 Å². The predicted molar refractivity (Wildman–Crippen MR) is 54.5 cm³/mol. The maximum Gasteiger partial charge on any atom is 0.177 e. The molecule has 0 saturated carbocycles. The number of ketones is 1. The zero-order valence-electron chi connectivity index (χ0n) is 8.10. The molecule has 4 heteroatoms. The zero-order chi connectivity index (χ0) is 9.97. The summed E-state index contributed by atoms with van der Waals surface area (Å²) in [4.78, 5) is 12.8. The maximum absolute atomic E-state index is 12.0. The molecule has 0 bridgehead atoms. The smallest absolute Gasteiger partial charge is 0.177 e. The fourth-order valence-corrected chi connectivity index (χ4v) is 2.39. The molecule has 0 radical (unpaired) electrons. The van der Waals surface area contributed by atoms with Crippen LogP contribution in [0.3, 0.4) is 0 Å². The second-order valence-corrected chi connectivity index (χ2v) is 4.52. The molecule has 0 aliphatic carbocycles. The molecule has 2 heterocycles. The number of aromatic nitrogens is 1. The third kappa shape index (κ3) is 1.86. The minimum Gasteiger partial charge on any atom is -0.381 e. The van der Waals surface area contributed by atoms with E-state index in [1.165, 1.54) is 11.5 Å². The van der Waals surface area contributed by atoms with E-state index < -0.39 is 0 Å². The molecule has 1 saturated heterocycles. The molecule has 0 aromatic carbocycles. The van der Waals surface area contributed by atoms with Crippen LogP contribution in [0.1, 0.15) is 23.0 Å². The second-order valence-electron chi connectivity index (χ2n) is 3.69. The predicted octanol–water partition coefficient (Wildman–Crippen LogP) is 2.00. The van der Waals surface area contributed by atoms with Gasteiger partial charge in [0.1, 0.15) is 0 Å². The third-order valence-electron chi connectivity index (χ3n) is 2.66. The van der Waals surface area contributed by atoms with E-state index in [-0.39, 0.29) is 11.7 Å². The number of nitrogens with zero attached hydrogens (tertiary/aromatic N) is 1. The molecule has 0 N–H and O–H groups in total. The molecule has 1 aromatic heterocycles. The van der Waals surface area contributed by atoms with Crippen molar-refractivity contribution in [2.75, 3.05) is 13.2 Å². The van der Waals surface area contributed by atoms with Crippen molar-refractivity contribution in [1.29, 1.82) is 0 Å². The number of Topliss-reactive ketones (excluding diaryl/α,β-unsaturated/α-hetero) is 1. The second kappa shape index (κ2) is 4.19. The quantitative estimate of drug-likeness (QED) is 0.702. The summed E-state index contributed by atoms with van der Waals surface area (Å²) >= 11 is 1.29. The summed E-state index contributed by atoms with van der Waals surface area (Å²) in [5.41, 5.74) is 0. The molecule has 76 valence electrons. The first kappa shape index (κ1) is 9.80. The van der Waals surface area contributed by atoms with Crippen molar-refractivity contribution in [3.63, 3.8) is 0 Å². The Bertz CT molecular complexity index is 310. The van der Waals surface area contributed by atoms with Crippen molar-refractivity contribution in [1.82, 2.24) is 4.37 Å². The lowest BCUT2D eigenvalue weighted by Gasteiger charge is -2.26. The van der Waals surface area contributed by atoms with E-state index >= 15 is 0 Å². The molecule has 1 aromatic rings. The molecule has 1 aliphatic heterocycles. The van der Waals surface area contributed by atoms with Gasteiger partial charge in [0.25, 0.3) is 0 Å². The summed E-state index contributed by atoms with van der Waals surface area (Å²) in [6, 6.07) is 1.80. The highest BCUT2D eigenvalue weighted by Crippen LogP contribution is 2.26. The van der Waals surface area contributed by atoms with E-state index in [9.17, 15) is 4.79 Å². The fourth-order valence-electron chi connectivity index (χ4n) is 1.80. The monoisotopic (exact) mass is 211 g/mol. The topological polar surface area (TPSA) is 39.2 Å². The highest BCUT2D eigenvalue weighted by atomic mass is 32.1. The first-order valence-electron chi connectivity index (χ1n) is 4.81. The lowest BCUT2D eigenvalue weighted by Crippen LogP contribution is -2.31. The van der Waals surface area contributed by atoms with Gasteiger partial charge in [-0.1, -0.05) is 6.92 Å². The number of carbonyl (C=O) groups excluding carboxylic acids is 1. The molecule has 2 rings (SSSR count). The van der Waals surface area contributed by atoms with Crippen molar-refractivity contribution in [3.8, 4) is 0 Å². The SMILES string of the molecule is CC1COCCC1C(=O)c1ccns1.